The van der Waals surface area contributed by atoms with E-state index in [1.807, 2.05) is 35.9 Å². The van der Waals surface area contributed by atoms with Gasteiger partial charge in [0.2, 0.25) is 5.95 Å². The van der Waals surface area contributed by atoms with E-state index in [9.17, 15) is 9.18 Å². The Morgan fingerprint density at radius 3 is 2.69 bits per heavy atom. The van der Waals surface area contributed by atoms with Gasteiger partial charge < -0.3 is 20.5 Å². The van der Waals surface area contributed by atoms with Crippen molar-refractivity contribution in [3.05, 3.63) is 47.0 Å². The minimum Gasteiger partial charge on any atom is -0.351 e. The Morgan fingerprint density at radius 2 is 1.91 bits per heavy atom. The van der Waals surface area contributed by atoms with Crippen LogP contribution in [-0.2, 0) is 7.05 Å². The van der Waals surface area contributed by atoms with Crippen LogP contribution in [0.1, 0.15) is 10.4 Å². The van der Waals surface area contributed by atoms with E-state index in [-0.39, 0.29) is 37.3 Å². The second-order valence-electron chi connectivity index (χ2n) is 6.65. The fourth-order valence-electron chi connectivity index (χ4n) is 3.06. The fourth-order valence-corrected chi connectivity index (χ4v) is 4.19. The third kappa shape index (κ3) is 5.79. The number of carbonyl (C=O) groups is 1. The molecule has 0 aliphatic carbocycles. The van der Waals surface area contributed by atoms with Gasteiger partial charge in [0.25, 0.3) is 5.91 Å². The molecule has 0 fully saturated rings. The number of carbonyl (C=O) groups excluding carboxylic acids is 1. The Hall–Kier alpha value is -2.17. The molecule has 1 amide bonds. The first kappa shape index (κ1) is 26.1. The second kappa shape index (κ2) is 11.6. The third-order valence-corrected chi connectivity index (χ3v) is 5.74. The number of halogens is 4. The minimum atomic E-state index is -0.425. The quantitative estimate of drug-likeness (QED) is 0.294. The van der Waals surface area contributed by atoms with E-state index < -0.39 is 6.67 Å². The molecule has 0 saturated carbocycles. The molecule has 172 valence electrons. The van der Waals surface area contributed by atoms with Gasteiger partial charge in [0, 0.05) is 37.3 Å². The highest BCUT2D eigenvalue weighted by atomic mass is 35.5. The van der Waals surface area contributed by atoms with Gasteiger partial charge in [-0.25, -0.2) is 14.4 Å². The van der Waals surface area contributed by atoms with Crippen LogP contribution in [0, 0.1) is 0 Å². The van der Waals surface area contributed by atoms with Gasteiger partial charge in [-0.1, -0.05) is 22.9 Å². The number of amides is 1. The molecule has 0 aliphatic heterocycles. The van der Waals surface area contributed by atoms with Crippen molar-refractivity contribution < 1.29 is 9.18 Å². The summed E-state index contributed by atoms with van der Waals surface area (Å²) in [7, 11) is 1.90. The van der Waals surface area contributed by atoms with Crippen LogP contribution in [0.5, 0.6) is 0 Å². The second-order valence-corrected chi connectivity index (χ2v) is 8.12. The Kier molecular flexibility index (Phi) is 9.47. The fraction of sp³-hybridized carbons (Fsp3) is 0.250. The Bertz CT molecular complexity index is 1210. The summed E-state index contributed by atoms with van der Waals surface area (Å²) in [4.78, 5) is 21.5. The SMILES string of the molecule is Cl.Cl.Cn1c(Nc2nc3ccc(Cl)cc3s2)nc2cc(C(=O)NCCNCCF)ccc21. The maximum Gasteiger partial charge on any atom is 0.251 e. The van der Waals surface area contributed by atoms with Gasteiger partial charge in [0.1, 0.15) is 6.67 Å². The first-order valence-corrected chi connectivity index (χ1v) is 10.6. The monoisotopic (exact) mass is 518 g/mol. The van der Waals surface area contributed by atoms with Crippen LogP contribution < -0.4 is 16.0 Å². The average molecular weight is 520 g/mol. The van der Waals surface area contributed by atoms with Crippen molar-refractivity contribution in [3.8, 4) is 0 Å². The van der Waals surface area contributed by atoms with Crippen molar-refractivity contribution in [2.45, 2.75) is 0 Å². The summed E-state index contributed by atoms with van der Waals surface area (Å²) in [6, 6.07) is 11.0. The highest BCUT2D eigenvalue weighted by Gasteiger charge is 2.13. The van der Waals surface area contributed by atoms with Gasteiger partial charge in [-0.05, 0) is 36.4 Å². The summed E-state index contributed by atoms with van der Waals surface area (Å²) in [5.41, 5.74) is 2.98. The lowest BCUT2D eigenvalue weighted by atomic mass is 10.2. The van der Waals surface area contributed by atoms with Gasteiger partial charge in [0.05, 0.1) is 21.3 Å². The number of aryl methyl sites for hydroxylation is 1. The molecule has 2 aromatic heterocycles. The van der Waals surface area contributed by atoms with Crippen LogP contribution in [0.3, 0.4) is 0 Å². The summed E-state index contributed by atoms with van der Waals surface area (Å²) in [6.07, 6.45) is 0. The number of thiazole rings is 1. The van der Waals surface area contributed by atoms with Gasteiger partial charge >= 0.3 is 0 Å². The average Bonchev–Trinajstić information content (AvgIpc) is 3.27. The number of alkyl halides is 1. The molecule has 4 rings (SSSR count). The molecule has 0 bridgehead atoms. The molecule has 0 spiro atoms. The molecule has 4 aromatic rings. The number of nitrogens with zero attached hydrogens (tertiary/aromatic N) is 3. The van der Waals surface area contributed by atoms with E-state index in [4.69, 9.17) is 11.6 Å². The van der Waals surface area contributed by atoms with Crippen LogP contribution >= 0.6 is 47.8 Å². The molecule has 0 aliphatic rings. The van der Waals surface area contributed by atoms with Crippen LogP contribution in [0.2, 0.25) is 5.02 Å². The molecule has 32 heavy (non-hydrogen) atoms. The number of anilines is 2. The molecule has 3 N–H and O–H groups in total. The van der Waals surface area contributed by atoms with E-state index in [1.165, 1.54) is 11.3 Å². The van der Waals surface area contributed by atoms with Gasteiger partial charge in [0.15, 0.2) is 5.13 Å². The van der Waals surface area contributed by atoms with Crippen molar-refractivity contribution in [1.82, 2.24) is 25.2 Å². The molecule has 0 saturated heterocycles. The maximum atomic E-state index is 12.3. The maximum absolute atomic E-state index is 12.3. The summed E-state index contributed by atoms with van der Waals surface area (Å²) < 4.78 is 15.0. The lowest BCUT2D eigenvalue weighted by Crippen LogP contribution is -2.32. The number of rotatable bonds is 8. The molecule has 0 unspecified atom stereocenters. The number of fused-ring (bicyclic) bond motifs is 2. The first-order valence-electron chi connectivity index (χ1n) is 9.39. The van der Waals surface area contributed by atoms with Crippen molar-refractivity contribution in [2.75, 3.05) is 31.6 Å². The summed E-state index contributed by atoms with van der Waals surface area (Å²) >= 11 is 7.55. The predicted molar refractivity (Wildman–Crippen MR) is 134 cm³/mol. The van der Waals surface area contributed by atoms with Crippen molar-refractivity contribution in [1.29, 1.82) is 0 Å². The first-order chi connectivity index (χ1) is 14.5. The van der Waals surface area contributed by atoms with Gasteiger partial charge in [-0.2, -0.15) is 0 Å². The number of benzene rings is 2. The topological polar surface area (TPSA) is 83.9 Å². The van der Waals surface area contributed by atoms with E-state index in [0.717, 1.165) is 15.7 Å². The Balaban J connectivity index is 0.00000181. The van der Waals surface area contributed by atoms with E-state index in [2.05, 4.69) is 25.9 Å². The molecule has 12 heteroatoms. The lowest BCUT2D eigenvalue weighted by Gasteiger charge is -2.06. The number of hydrogen-bond donors (Lipinski definition) is 3. The largest absolute Gasteiger partial charge is 0.351 e. The summed E-state index contributed by atoms with van der Waals surface area (Å²) in [6.45, 7) is 0.801. The highest BCUT2D eigenvalue weighted by molar-refractivity contribution is 7.22. The van der Waals surface area contributed by atoms with Crippen LogP contribution in [0.4, 0.5) is 15.5 Å². The standard InChI is InChI=1S/C20H20ClFN6OS.2ClH/c1-28-16-5-2-12(18(29)24-9-8-23-7-6-22)10-15(16)25-19(28)27-20-26-14-4-3-13(21)11-17(14)30-20;;/h2-5,10-11,23H,6-9H2,1H3,(H,24,29)(H,25,26,27);2*1H. The van der Waals surface area contributed by atoms with E-state index in [1.54, 1.807) is 12.1 Å². The third-order valence-electron chi connectivity index (χ3n) is 4.57. The number of aromatic nitrogens is 3. The van der Waals surface area contributed by atoms with Gasteiger partial charge in [-0.15, -0.1) is 24.8 Å². The molecule has 7 nitrogen and oxygen atoms in total. The normalized spacial score (nSPS) is 10.6. The molecular weight excluding hydrogens is 498 g/mol. The van der Waals surface area contributed by atoms with Crippen LogP contribution in [0.25, 0.3) is 21.3 Å². The molecular formula is C20H22Cl3FN6OS. The number of imidazole rings is 1. The van der Waals surface area contributed by atoms with E-state index in [0.29, 0.717) is 40.3 Å². The zero-order valence-corrected chi connectivity index (χ0v) is 20.2. The van der Waals surface area contributed by atoms with Crippen molar-refractivity contribution in [2.24, 2.45) is 7.05 Å². The Morgan fingerprint density at radius 1 is 1.09 bits per heavy atom. The van der Waals surface area contributed by atoms with E-state index >= 15 is 0 Å². The zero-order chi connectivity index (χ0) is 21.1. The molecule has 2 aromatic carbocycles. The highest BCUT2D eigenvalue weighted by Crippen LogP contribution is 2.30. The van der Waals surface area contributed by atoms with Crippen LogP contribution in [-0.4, -0.2) is 46.8 Å². The van der Waals surface area contributed by atoms with Crippen molar-refractivity contribution in [3.63, 3.8) is 0 Å². The van der Waals surface area contributed by atoms with Crippen molar-refractivity contribution >= 4 is 86.0 Å². The van der Waals surface area contributed by atoms with Gasteiger partial charge in [-0.3, -0.25) is 4.79 Å². The molecule has 2 heterocycles. The summed E-state index contributed by atoms with van der Waals surface area (Å²) in [5, 5.41) is 10.3. The smallest absolute Gasteiger partial charge is 0.251 e. The molecule has 0 atom stereocenters. The van der Waals surface area contributed by atoms with Crippen LogP contribution in [0.15, 0.2) is 36.4 Å². The Labute approximate surface area is 205 Å². The number of hydrogen-bond acceptors (Lipinski definition) is 6. The zero-order valence-electron chi connectivity index (χ0n) is 17.0. The summed E-state index contributed by atoms with van der Waals surface area (Å²) in [5.74, 6) is 0.435. The number of nitrogens with one attached hydrogen (secondary N) is 3. The minimum absolute atomic E-state index is 0. The lowest BCUT2D eigenvalue weighted by molar-refractivity contribution is 0.0954. The molecule has 0 radical (unpaired) electrons. The predicted octanol–water partition coefficient (Wildman–Crippen LogP) is 4.71.